The molecule has 0 unspecified atom stereocenters. The van der Waals surface area contributed by atoms with Crippen molar-refractivity contribution in [2.75, 3.05) is 6.61 Å². The van der Waals surface area contributed by atoms with Crippen molar-refractivity contribution in [2.24, 2.45) is 5.73 Å². The maximum absolute atomic E-state index is 11.1. The van der Waals surface area contributed by atoms with Gasteiger partial charge in [-0.15, -0.1) is 0 Å². The predicted octanol–water partition coefficient (Wildman–Crippen LogP) is 2.01. The van der Waals surface area contributed by atoms with E-state index in [2.05, 4.69) is 0 Å². The smallest absolute Gasteiger partial charge is 0.159 e. The molecule has 0 bridgehead atoms. The summed E-state index contributed by atoms with van der Waals surface area (Å²) in [4.78, 5) is 11.1. The van der Waals surface area contributed by atoms with Gasteiger partial charge in [0.25, 0.3) is 0 Å². The van der Waals surface area contributed by atoms with E-state index >= 15 is 0 Å². The maximum Gasteiger partial charge on any atom is 0.159 e. The summed E-state index contributed by atoms with van der Waals surface area (Å²) in [5, 5.41) is 0. The first kappa shape index (κ1) is 11.7. The highest BCUT2D eigenvalue weighted by atomic mass is 16.5. The van der Waals surface area contributed by atoms with Crippen LogP contribution in [0, 0.1) is 0 Å². The molecule has 82 valence electrons. The lowest BCUT2D eigenvalue weighted by molar-refractivity contribution is 0.101. The van der Waals surface area contributed by atoms with Crippen LogP contribution in [0.4, 0.5) is 0 Å². The number of nitrogens with two attached hydrogens (primary N) is 1. The SMILES string of the molecule is CC(=O)c1cccc(OCC(C)(C)N)c1. The Morgan fingerprint density at radius 3 is 2.67 bits per heavy atom. The maximum atomic E-state index is 11.1. The zero-order chi connectivity index (χ0) is 11.5. The van der Waals surface area contributed by atoms with Crippen LogP contribution in [0.5, 0.6) is 5.75 Å². The number of benzene rings is 1. The number of carbonyl (C=O) groups excluding carboxylic acids is 1. The molecule has 3 nitrogen and oxygen atoms in total. The van der Waals surface area contributed by atoms with Gasteiger partial charge in [0, 0.05) is 11.1 Å². The molecule has 0 aromatic heterocycles. The summed E-state index contributed by atoms with van der Waals surface area (Å²) in [6.45, 7) is 5.74. The number of hydrogen-bond acceptors (Lipinski definition) is 3. The largest absolute Gasteiger partial charge is 0.492 e. The number of ketones is 1. The number of Topliss-reactive ketones (excluding diaryl/α,β-unsaturated/α-hetero) is 1. The van der Waals surface area contributed by atoms with Crippen LogP contribution in [0.15, 0.2) is 24.3 Å². The summed E-state index contributed by atoms with van der Waals surface area (Å²) >= 11 is 0. The van der Waals surface area contributed by atoms with Crippen LogP contribution in [0.3, 0.4) is 0 Å². The molecule has 2 N–H and O–H groups in total. The Hall–Kier alpha value is -1.35. The van der Waals surface area contributed by atoms with Gasteiger partial charge in [-0.25, -0.2) is 0 Å². The second kappa shape index (κ2) is 4.45. The van der Waals surface area contributed by atoms with Crippen molar-refractivity contribution < 1.29 is 9.53 Å². The average Bonchev–Trinajstić information content (AvgIpc) is 2.14. The van der Waals surface area contributed by atoms with Crippen LogP contribution >= 0.6 is 0 Å². The monoisotopic (exact) mass is 207 g/mol. The quantitative estimate of drug-likeness (QED) is 0.768. The van der Waals surface area contributed by atoms with Crippen molar-refractivity contribution in [1.29, 1.82) is 0 Å². The summed E-state index contributed by atoms with van der Waals surface area (Å²) in [6, 6.07) is 7.12. The van der Waals surface area contributed by atoms with Gasteiger partial charge in [0.05, 0.1) is 0 Å². The van der Waals surface area contributed by atoms with E-state index < -0.39 is 0 Å². The Kier molecular flexibility index (Phi) is 3.48. The van der Waals surface area contributed by atoms with Gasteiger partial charge in [0.2, 0.25) is 0 Å². The standard InChI is InChI=1S/C12H17NO2/c1-9(14)10-5-4-6-11(7-10)15-8-12(2,3)13/h4-7H,8,13H2,1-3H3. The minimum absolute atomic E-state index is 0.0347. The van der Waals surface area contributed by atoms with Crippen molar-refractivity contribution >= 4 is 5.78 Å². The molecule has 0 amide bonds. The third kappa shape index (κ3) is 4.13. The van der Waals surface area contributed by atoms with Crippen molar-refractivity contribution in [3.63, 3.8) is 0 Å². The molecule has 1 rings (SSSR count). The minimum atomic E-state index is -0.369. The molecule has 0 saturated heterocycles. The van der Waals surface area contributed by atoms with Crippen LogP contribution in [0.25, 0.3) is 0 Å². The highest BCUT2D eigenvalue weighted by Gasteiger charge is 2.11. The van der Waals surface area contributed by atoms with Gasteiger partial charge in [0.1, 0.15) is 12.4 Å². The number of rotatable bonds is 4. The average molecular weight is 207 g/mol. The number of ether oxygens (including phenoxy) is 1. The molecular weight excluding hydrogens is 190 g/mol. The van der Waals surface area contributed by atoms with Crippen LogP contribution < -0.4 is 10.5 Å². The molecule has 0 saturated carbocycles. The molecule has 0 spiro atoms. The second-order valence-electron chi connectivity index (χ2n) is 4.36. The van der Waals surface area contributed by atoms with Gasteiger partial charge in [-0.2, -0.15) is 0 Å². The molecule has 0 radical (unpaired) electrons. The highest BCUT2D eigenvalue weighted by Crippen LogP contribution is 2.14. The summed E-state index contributed by atoms with van der Waals surface area (Å²) in [7, 11) is 0. The minimum Gasteiger partial charge on any atom is -0.492 e. The molecule has 1 aromatic rings. The van der Waals surface area contributed by atoms with Crippen LogP contribution in [-0.2, 0) is 0 Å². The van der Waals surface area contributed by atoms with E-state index in [1.54, 1.807) is 18.2 Å². The van der Waals surface area contributed by atoms with Crippen LogP contribution in [0.2, 0.25) is 0 Å². The molecule has 3 heteroatoms. The van der Waals surface area contributed by atoms with Crippen LogP contribution in [-0.4, -0.2) is 17.9 Å². The van der Waals surface area contributed by atoms with Gasteiger partial charge in [-0.1, -0.05) is 12.1 Å². The predicted molar refractivity (Wildman–Crippen MR) is 60.2 cm³/mol. The fourth-order valence-electron chi connectivity index (χ4n) is 1.07. The Morgan fingerprint density at radius 2 is 2.13 bits per heavy atom. The van der Waals surface area contributed by atoms with Crippen LogP contribution in [0.1, 0.15) is 31.1 Å². The molecule has 0 atom stereocenters. The Bertz CT molecular complexity index is 353. The fourth-order valence-corrected chi connectivity index (χ4v) is 1.07. The van der Waals surface area contributed by atoms with Crippen molar-refractivity contribution in [2.45, 2.75) is 26.3 Å². The van der Waals surface area contributed by atoms with E-state index in [0.717, 1.165) is 0 Å². The topological polar surface area (TPSA) is 52.3 Å². The summed E-state index contributed by atoms with van der Waals surface area (Å²) in [5.74, 6) is 0.716. The van der Waals surface area contributed by atoms with Crippen molar-refractivity contribution in [3.8, 4) is 5.75 Å². The molecule has 0 fully saturated rings. The highest BCUT2D eigenvalue weighted by molar-refractivity contribution is 5.94. The van der Waals surface area contributed by atoms with Gasteiger partial charge < -0.3 is 10.5 Å². The number of hydrogen-bond donors (Lipinski definition) is 1. The first-order valence-corrected chi connectivity index (χ1v) is 4.91. The third-order valence-electron chi connectivity index (χ3n) is 1.85. The Balaban J connectivity index is 2.70. The lowest BCUT2D eigenvalue weighted by Gasteiger charge is -2.19. The first-order chi connectivity index (χ1) is 6.88. The molecule has 0 aliphatic carbocycles. The zero-order valence-electron chi connectivity index (χ0n) is 9.41. The van der Waals surface area contributed by atoms with Gasteiger partial charge in [0.15, 0.2) is 5.78 Å². The summed E-state index contributed by atoms with van der Waals surface area (Å²) < 4.78 is 5.48. The fraction of sp³-hybridized carbons (Fsp3) is 0.417. The molecule has 0 heterocycles. The molecule has 1 aromatic carbocycles. The van der Waals surface area contributed by atoms with Crippen molar-refractivity contribution in [1.82, 2.24) is 0 Å². The normalized spacial score (nSPS) is 11.2. The second-order valence-corrected chi connectivity index (χ2v) is 4.36. The van der Waals surface area contributed by atoms with E-state index in [-0.39, 0.29) is 11.3 Å². The summed E-state index contributed by atoms with van der Waals surface area (Å²) in [5.41, 5.74) is 6.08. The summed E-state index contributed by atoms with van der Waals surface area (Å²) in [6.07, 6.45) is 0. The van der Waals surface area contributed by atoms with E-state index in [1.165, 1.54) is 6.92 Å². The van der Waals surface area contributed by atoms with Gasteiger partial charge >= 0.3 is 0 Å². The van der Waals surface area contributed by atoms with E-state index in [4.69, 9.17) is 10.5 Å². The first-order valence-electron chi connectivity index (χ1n) is 4.91. The van der Waals surface area contributed by atoms with E-state index in [1.807, 2.05) is 19.9 Å². The van der Waals surface area contributed by atoms with E-state index in [9.17, 15) is 4.79 Å². The lowest BCUT2D eigenvalue weighted by atomic mass is 10.1. The Morgan fingerprint density at radius 1 is 1.47 bits per heavy atom. The van der Waals surface area contributed by atoms with Gasteiger partial charge in [-0.3, -0.25) is 4.79 Å². The molecule has 0 aliphatic heterocycles. The molecular formula is C12H17NO2. The zero-order valence-corrected chi connectivity index (χ0v) is 9.41. The molecule has 15 heavy (non-hydrogen) atoms. The van der Waals surface area contributed by atoms with Gasteiger partial charge in [-0.05, 0) is 32.9 Å². The van der Waals surface area contributed by atoms with Crippen molar-refractivity contribution in [3.05, 3.63) is 29.8 Å². The number of carbonyl (C=O) groups is 1. The third-order valence-corrected chi connectivity index (χ3v) is 1.85. The molecule has 0 aliphatic rings. The van der Waals surface area contributed by atoms with E-state index in [0.29, 0.717) is 17.9 Å². The lowest BCUT2D eigenvalue weighted by Crippen LogP contribution is -2.38. The Labute approximate surface area is 90.2 Å².